The molecule has 1 heterocycles. The molecule has 1 aromatic heterocycles. The summed E-state index contributed by atoms with van der Waals surface area (Å²) in [4.78, 5) is 40.8. The number of Topliss-reactive ketones (excluding diaryl/α,β-unsaturated/α-hetero) is 1. The lowest BCUT2D eigenvalue weighted by atomic mass is 10.0. The van der Waals surface area contributed by atoms with E-state index in [1.165, 1.54) is 14.2 Å². The Kier molecular flexibility index (Phi) is 9.10. The van der Waals surface area contributed by atoms with Crippen molar-refractivity contribution in [2.24, 2.45) is 0 Å². The first-order valence-electron chi connectivity index (χ1n) is 13.0. The maximum Gasteiger partial charge on any atom is 0.513 e. The van der Waals surface area contributed by atoms with Gasteiger partial charge in [0, 0.05) is 30.5 Å². The van der Waals surface area contributed by atoms with Crippen molar-refractivity contribution in [2.45, 2.75) is 45.6 Å². The number of rotatable bonds is 11. The molecule has 0 aliphatic rings. The Balaban J connectivity index is 1.63. The number of ketones is 1. The highest BCUT2D eigenvalue weighted by Crippen LogP contribution is 2.31. The zero-order valence-corrected chi connectivity index (χ0v) is 22.4. The normalized spacial score (nSPS) is 10.8. The van der Waals surface area contributed by atoms with E-state index in [-0.39, 0.29) is 18.6 Å². The lowest BCUT2D eigenvalue weighted by molar-refractivity contribution is -0.140. The molecular weight excluding hydrogens is 496 g/mol. The van der Waals surface area contributed by atoms with Crippen LogP contribution in [0.1, 0.15) is 54.4 Å². The van der Waals surface area contributed by atoms with Gasteiger partial charge in [-0.15, -0.1) is 0 Å². The molecule has 0 spiro atoms. The zero-order valence-electron chi connectivity index (χ0n) is 22.4. The number of aromatic nitrogens is 2. The summed E-state index contributed by atoms with van der Waals surface area (Å²) in [6.45, 7) is 2.72. The van der Waals surface area contributed by atoms with Gasteiger partial charge in [-0.25, -0.2) is 9.78 Å². The molecule has 0 atom stereocenters. The van der Waals surface area contributed by atoms with Gasteiger partial charge in [-0.05, 0) is 41.8 Å². The maximum absolute atomic E-state index is 12.8. The molecular formula is C31H32N2O6. The summed E-state index contributed by atoms with van der Waals surface area (Å²) < 4.78 is 16.8. The molecule has 0 N–H and O–H groups in total. The van der Waals surface area contributed by atoms with E-state index in [0.29, 0.717) is 17.9 Å². The number of carbonyl (C=O) groups is 3. The Bertz CT molecular complexity index is 1470. The third kappa shape index (κ3) is 6.71. The number of methoxy groups -OCH3 is 2. The minimum atomic E-state index is -0.770. The van der Waals surface area contributed by atoms with E-state index in [4.69, 9.17) is 9.72 Å². The van der Waals surface area contributed by atoms with Crippen LogP contribution in [0, 0.1) is 0 Å². The average molecular weight is 529 g/mol. The number of carbonyl (C=O) groups excluding carboxylic acids is 3. The number of esters is 1. The van der Waals surface area contributed by atoms with Gasteiger partial charge < -0.3 is 18.8 Å². The first kappa shape index (κ1) is 27.6. The topological polar surface area (TPSA) is 96.7 Å². The smallest absolute Gasteiger partial charge is 0.469 e. The molecule has 4 aromatic rings. The van der Waals surface area contributed by atoms with Gasteiger partial charge in [-0.1, -0.05) is 55.8 Å². The Morgan fingerprint density at radius 1 is 0.897 bits per heavy atom. The fourth-order valence-electron chi connectivity index (χ4n) is 4.41. The number of benzene rings is 3. The fourth-order valence-corrected chi connectivity index (χ4v) is 4.41. The molecule has 0 fully saturated rings. The first-order chi connectivity index (χ1) is 18.9. The minimum absolute atomic E-state index is 0.0501. The highest BCUT2D eigenvalue weighted by molar-refractivity contribution is 6.00. The lowest BCUT2D eigenvalue weighted by Gasteiger charge is -2.12. The molecule has 3 aromatic carbocycles. The summed E-state index contributed by atoms with van der Waals surface area (Å²) in [6.07, 6.45) is 2.25. The van der Waals surface area contributed by atoms with Gasteiger partial charge in [0.1, 0.15) is 11.6 Å². The number of ether oxygens (including phenoxy) is 3. The van der Waals surface area contributed by atoms with Gasteiger partial charge in [0.15, 0.2) is 5.78 Å². The number of hydrogen-bond acceptors (Lipinski definition) is 7. The van der Waals surface area contributed by atoms with Gasteiger partial charge in [0.05, 0.1) is 31.7 Å². The van der Waals surface area contributed by atoms with Crippen molar-refractivity contribution in [2.75, 3.05) is 14.2 Å². The molecule has 39 heavy (non-hydrogen) atoms. The predicted molar refractivity (Wildman–Crippen MR) is 148 cm³/mol. The van der Waals surface area contributed by atoms with Crippen LogP contribution < -0.4 is 4.74 Å². The molecule has 0 bridgehead atoms. The highest BCUT2D eigenvalue weighted by Gasteiger charge is 2.16. The monoisotopic (exact) mass is 528 g/mol. The number of para-hydroxylation sites is 1. The van der Waals surface area contributed by atoms with E-state index < -0.39 is 12.1 Å². The number of aryl methyl sites for hydroxylation is 1. The molecule has 0 unspecified atom stereocenters. The second-order valence-electron chi connectivity index (χ2n) is 9.17. The number of nitrogens with zero attached hydrogens (tertiary/aromatic N) is 2. The molecule has 4 rings (SSSR count). The molecule has 0 saturated heterocycles. The van der Waals surface area contributed by atoms with Crippen molar-refractivity contribution in [3.05, 3.63) is 83.7 Å². The summed E-state index contributed by atoms with van der Waals surface area (Å²) >= 11 is 0. The Labute approximate surface area is 227 Å². The summed E-state index contributed by atoms with van der Waals surface area (Å²) in [5.41, 5.74) is 5.00. The molecule has 0 radical (unpaired) electrons. The Hall–Kier alpha value is -4.46. The quantitative estimate of drug-likeness (QED) is 0.127. The van der Waals surface area contributed by atoms with Gasteiger partial charge in [0.25, 0.3) is 0 Å². The summed E-state index contributed by atoms with van der Waals surface area (Å²) in [5.74, 6) is 0.873. The lowest BCUT2D eigenvalue weighted by Crippen LogP contribution is -2.08. The van der Waals surface area contributed by atoms with Crippen molar-refractivity contribution in [3.8, 4) is 16.9 Å². The number of fused-ring (bicyclic) bond motifs is 1. The molecule has 0 aliphatic heterocycles. The molecule has 0 amide bonds. The highest BCUT2D eigenvalue weighted by atomic mass is 16.7. The van der Waals surface area contributed by atoms with Crippen LogP contribution in [0.4, 0.5) is 4.79 Å². The summed E-state index contributed by atoms with van der Waals surface area (Å²) in [5, 5.41) is 0. The molecule has 8 nitrogen and oxygen atoms in total. The second-order valence-corrected chi connectivity index (χ2v) is 9.17. The zero-order chi connectivity index (χ0) is 27.8. The van der Waals surface area contributed by atoms with Crippen LogP contribution >= 0.6 is 0 Å². The fraction of sp³-hybridized carbons (Fsp3) is 0.290. The molecule has 0 saturated carbocycles. The molecule has 202 valence electrons. The van der Waals surface area contributed by atoms with Crippen molar-refractivity contribution in [1.82, 2.24) is 9.55 Å². The van der Waals surface area contributed by atoms with Gasteiger partial charge >= 0.3 is 12.1 Å². The standard InChI is InChI=1S/C31H32N2O6/c1-4-5-10-29-32-25-16-15-23(27(34)17-18-30(35)37-2)19-26(25)33(29)20-21-11-13-22(14-12-21)24-8-6-7-9-28(24)39-31(36)38-3/h6-9,11-16,19H,4-5,10,17-18,20H2,1-3H3. The van der Waals surface area contributed by atoms with E-state index in [1.54, 1.807) is 18.2 Å². The molecule has 8 heteroatoms. The Morgan fingerprint density at radius 2 is 1.67 bits per heavy atom. The number of imidazole rings is 1. The van der Waals surface area contributed by atoms with E-state index in [2.05, 4.69) is 21.0 Å². The average Bonchev–Trinajstić information content (AvgIpc) is 3.31. The maximum atomic E-state index is 12.8. The first-order valence-corrected chi connectivity index (χ1v) is 13.0. The van der Waals surface area contributed by atoms with Crippen molar-refractivity contribution in [3.63, 3.8) is 0 Å². The van der Waals surface area contributed by atoms with Gasteiger partial charge in [-0.2, -0.15) is 0 Å². The minimum Gasteiger partial charge on any atom is -0.469 e. The van der Waals surface area contributed by atoms with E-state index in [0.717, 1.165) is 52.8 Å². The Morgan fingerprint density at radius 3 is 2.38 bits per heavy atom. The van der Waals surface area contributed by atoms with Gasteiger partial charge in [0.2, 0.25) is 0 Å². The predicted octanol–water partition coefficient (Wildman–Crippen LogP) is 6.38. The van der Waals surface area contributed by atoms with Crippen molar-refractivity contribution >= 4 is 28.9 Å². The van der Waals surface area contributed by atoms with E-state index in [1.807, 2.05) is 48.5 Å². The largest absolute Gasteiger partial charge is 0.513 e. The van der Waals surface area contributed by atoms with Crippen LogP contribution in [0.3, 0.4) is 0 Å². The van der Waals surface area contributed by atoms with E-state index in [9.17, 15) is 14.4 Å². The van der Waals surface area contributed by atoms with Crippen LogP contribution in [0.25, 0.3) is 22.2 Å². The number of hydrogen-bond donors (Lipinski definition) is 0. The van der Waals surface area contributed by atoms with Gasteiger partial charge in [-0.3, -0.25) is 9.59 Å². The summed E-state index contributed by atoms with van der Waals surface area (Å²) in [6, 6.07) is 20.8. The van der Waals surface area contributed by atoms with Crippen LogP contribution in [0.2, 0.25) is 0 Å². The third-order valence-electron chi connectivity index (χ3n) is 6.54. The number of unbranched alkanes of at least 4 members (excludes halogenated alkanes) is 1. The summed E-state index contributed by atoms with van der Waals surface area (Å²) in [7, 11) is 2.59. The second kappa shape index (κ2) is 12.9. The van der Waals surface area contributed by atoms with Crippen LogP contribution in [-0.2, 0) is 27.2 Å². The van der Waals surface area contributed by atoms with Crippen LogP contribution in [0.5, 0.6) is 5.75 Å². The van der Waals surface area contributed by atoms with Crippen molar-refractivity contribution in [1.29, 1.82) is 0 Å². The van der Waals surface area contributed by atoms with Crippen molar-refractivity contribution < 1.29 is 28.6 Å². The van der Waals surface area contributed by atoms with Crippen LogP contribution in [-0.4, -0.2) is 41.7 Å². The SMILES string of the molecule is CCCCc1nc2ccc(C(=O)CCC(=O)OC)cc2n1Cc1ccc(-c2ccccc2OC(=O)OC)cc1. The van der Waals surface area contributed by atoms with E-state index >= 15 is 0 Å². The third-order valence-corrected chi connectivity index (χ3v) is 6.54. The van der Waals surface area contributed by atoms with Crippen LogP contribution in [0.15, 0.2) is 66.7 Å². The molecule has 0 aliphatic carbocycles.